The van der Waals surface area contributed by atoms with Gasteiger partial charge in [0.1, 0.15) is 22.3 Å². The molecule has 14 aromatic carbocycles. The van der Waals surface area contributed by atoms with Crippen LogP contribution in [0.15, 0.2) is 404 Å². The van der Waals surface area contributed by atoms with Crippen molar-refractivity contribution in [3.05, 3.63) is 395 Å². The molecule has 0 N–H and O–H groups in total. The lowest BCUT2D eigenvalue weighted by atomic mass is 9.99. The van der Waals surface area contributed by atoms with Crippen molar-refractivity contribution in [1.82, 2.24) is 44.0 Å². The van der Waals surface area contributed by atoms with E-state index in [0.29, 0.717) is 11.6 Å². The highest BCUT2D eigenvalue weighted by molar-refractivity contribution is 6.14. The van der Waals surface area contributed by atoms with Crippen molar-refractivity contribution in [3.63, 3.8) is 0 Å². The fourth-order valence-corrected chi connectivity index (χ4v) is 16.7. The van der Waals surface area contributed by atoms with Crippen molar-refractivity contribution in [2.75, 3.05) is 0 Å². The molecule has 9 aromatic heterocycles. The van der Waals surface area contributed by atoms with Crippen LogP contribution in [0, 0.1) is 0 Å². The van der Waals surface area contributed by atoms with E-state index in [1.807, 2.05) is 72.9 Å². The van der Waals surface area contributed by atoms with Gasteiger partial charge in [0.2, 0.25) is 0 Å². The smallest absolute Gasteiger partial charge is 0.160 e. The minimum absolute atomic E-state index is 0.662. The first-order valence-corrected chi connectivity index (χ1v) is 38.8. The fraction of sp³-hybridized carbons (Fsp3) is 0. The van der Waals surface area contributed by atoms with E-state index >= 15 is 0 Å². The number of aromatic nitrogens is 9. The Bertz CT molecular complexity index is 7700. The van der Waals surface area contributed by atoms with Crippen LogP contribution in [0.3, 0.4) is 0 Å². The van der Waals surface area contributed by atoms with Crippen LogP contribution < -0.4 is 0 Å². The van der Waals surface area contributed by atoms with Gasteiger partial charge in [0.25, 0.3) is 0 Å². The molecule has 23 aromatic rings. The van der Waals surface area contributed by atoms with Gasteiger partial charge in [-0.1, -0.05) is 218 Å². The Morgan fingerprint density at radius 2 is 0.664 bits per heavy atom. The summed E-state index contributed by atoms with van der Waals surface area (Å²) in [6, 6.07) is 126. The molecular weight excluding hydrogens is 1420 g/mol. The summed E-state index contributed by atoms with van der Waals surface area (Å²) in [6.45, 7) is 0. The van der Waals surface area contributed by atoms with Crippen LogP contribution in [-0.2, 0) is 0 Å². The second-order valence-electron chi connectivity index (χ2n) is 29.2. The predicted molar refractivity (Wildman–Crippen MR) is 473 cm³/mol. The zero-order valence-corrected chi connectivity index (χ0v) is 62.4. The first-order chi connectivity index (χ1) is 57.5. The van der Waals surface area contributed by atoms with Crippen LogP contribution in [0.4, 0.5) is 0 Å². The van der Waals surface area contributed by atoms with Gasteiger partial charge < -0.3 is 18.0 Å². The van der Waals surface area contributed by atoms with E-state index in [0.717, 1.165) is 183 Å². The number of benzene rings is 14. The highest BCUT2D eigenvalue weighted by Gasteiger charge is 2.21. The first-order valence-electron chi connectivity index (χ1n) is 38.8. The summed E-state index contributed by atoms with van der Waals surface area (Å²) in [4.78, 5) is 33.1. The maximum atomic E-state index is 6.43. The number of fused-ring (bicyclic) bond motifs is 13. The highest BCUT2D eigenvalue weighted by atomic mass is 16.3. The molecule has 0 fully saturated rings. The lowest BCUT2D eigenvalue weighted by Gasteiger charge is -2.12. The molecule has 0 saturated carbocycles. The van der Waals surface area contributed by atoms with Crippen molar-refractivity contribution in [3.8, 4) is 124 Å². The van der Waals surface area contributed by atoms with Crippen molar-refractivity contribution in [2.45, 2.75) is 0 Å². The molecule has 0 amide bonds. The molecule has 11 nitrogen and oxygen atoms in total. The van der Waals surface area contributed by atoms with Crippen molar-refractivity contribution < 1.29 is 8.83 Å². The molecule has 0 bridgehead atoms. The Balaban J connectivity index is 0.000000141. The molecule has 23 rings (SSSR count). The van der Waals surface area contributed by atoms with Gasteiger partial charge in [-0.3, -0.25) is 15.0 Å². The monoisotopic (exact) mass is 1480 g/mol. The summed E-state index contributed by atoms with van der Waals surface area (Å²) < 4.78 is 17.4. The zero-order chi connectivity index (χ0) is 76.6. The quantitative estimate of drug-likeness (QED) is 0.117. The number of furan rings is 2. The highest BCUT2D eigenvalue weighted by Crippen LogP contribution is 2.43. The number of pyridine rings is 3. The molecule has 542 valence electrons. The average molecular weight is 1480 g/mol. The summed E-state index contributed by atoms with van der Waals surface area (Å²) in [5.74, 6) is 1.33. The molecule has 0 aliphatic heterocycles. The normalized spacial score (nSPS) is 11.6. The Labute approximate surface area is 665 Å². The van der Waals surface area contributed by atoms with Gasteiger partial charge >= 0.3 is 0 Å². The van der Waals surface area contributed by atoms with Crippen LogP contribution in [0.25, 0.3) is 222 Å². The lowest BCUT2D eigenvalue weighted by molar-refractivity contribution is 0.669. The summed E-state index contributed by atoms with van der Waals surface area (Å²) in [7, 11) is 0. The molecule has 0 saturated heterocycles. The zero-order valence-electron chi connectivity index (χ0n) is 62.4. The maximum absolute atomic E-state index is 6.43. The van der Waals surface area contributed by atoms with Crippen LogP contribution >= 0.6 is 0 Å². The molecule has 0 aliphatic rings. The van der Waals surface area contributed by atoms with Crippen LogP contribution in [0.2, 0.25) is 0 Å². The third-order valence-corrected chi connectivity index (χ3v) is 22.4. The van der Waals surface area contributed by atoms with Crippen LogP contribution in [-0.4, -0.2) is 44.0 Å². The molecule has 0 spiro atoms. The van der Waals surface area contributed by atoms with Crippen molar-refractivity contribution >= 4 is 98.3 Å². The van der Waals surface area contributed by atoms with Gasteiger partial charge in [-0.25, -0.2) is 19.9 Å². The molecule has 0 aliphatic carbocycles. The second kappa shape index (κ2) is 28.2. The summed E-state index contributed by atoms with van der Waals surface area (Å²) in [6.07, 6.45) is 10.8. The van der Waals surface area contributed by atoms with E-state index in [1.165, 1.54) is 26.9 Å². The number of hydrogen-bond acceptors (Lipinski definition) is 9. The summed E-state index contributed by atoms with van der Waals surface area (Å²) in [5.41, 5.74) is 28.6. The Morgan fingerprint density at radius 1 is 0.207 bits per heavy atom. The number of para-hydroxylation sites is 5. The lowest BCUT2D eigenvalue weighted by Crippen LogP contribution is -1.97. The van der Waals surface area contributed by atoms with Gasteiger partial charge in [-0.2, -0.15) is 0 Å². The Morgan fingerprint density at radius 3 is 1.36 bits per heavy atom. The van der Waals surface area contributed by atoms with E-state index in [-0.39, 0.29) is 0 Å². The minimum Gasteiger partial charge on any atom is -0.456 e. The maximum Gasteiger partial charge on any atom is 0.160 e. The number of nitrogens with zero attached hydrogens (tertiary/aromatic N) is 9. The van der Waals surface area contributed by atoms with E-state index in [1.54, 1.807) is 31.0 Å². The fourth-order valence-electron chi connectivity index (χ4n) is 16.7. The molecule has 0 unspecified atom stereocenters. The molecule has 0 radical (unpaired) electrons. The van der Waals surface area contributed by atoms with Gasteiger partial charge in [-0.05, 0) is 189 Å². The van der Waals surface area contributed by atoms with Crippen molar-refractivity contribution in [1.29, 1.82) is 0 Å². The number of hydrogen-bond donors (Lipinski definition) is 0. The van der Waals surface area contributed by atoms with Crippen LogP contribution in [0.5, 0.6) is 0 Å². The van der Waals surface area contributed by atoms with Crippen LogP contribution in [0.1, 0.15) is 0 Å². The van der Waals surface area contributed by atoms with Gasteiger partial charge in [0.15, 0.2) is 11.6 Å². The largest absolute Gasteiger partial charge is 0.456 e. The topological polar surface area (TPSA) is 126 Å². The van der Waals surface area contributed by atoms with Crippen molar-refractivity contribution in [2.24, 2.45) is 0 Å². The third-order valence-electron chi connectivity index (χ3n) is 22.4. The van der Waals surface area contributed by atoms with Gasteiger partial charge in [0, 0.05) is 131 Å². The SMILES string of the molecule is c1cc(-c2cccc3c2oc2ccccc23)cc(-n2c3ccccc3c3cc(-c4ccc(-c5nc(-c6ccncc6)cc(-c6ccncc6)n5)cc4)ccc32)c1.c1cncc(-c2cc(-c3cccc4ccccc34)nc(-c3cccc(-c4ccc5c(c4)c4ccccc4n5-c4ccc(-c5ccc6c(c5)oc5ccccc56)cc4)c3)n2)c1. The summed E-state index contributed by atoms with van der Waals surface area (Å²) >= 11 is 0. The predicted octanol–water partition coefficient (Wildman–Crippen LogP) is 27.0. The van der Waals surface area contributed by atoms with Gasteiger partial charge in [-0.15, -0.1) is 0 Å². The molecule has 11 heteroatoms. The second-order valence-corrected chi connectivity index (χ2v) is 29.2. The molecule has 116 heavy (non-hydrogen) atoms. The van der Waals surface area contributed by atoms with E-state index < -0.39 is 0 Å². The molecule has 0 atom stereocenters. The van der Waals surface area contributed by atoms with E-state index in [9.17, 15) is 0 Å². The Kier molecular flexibility index (Phi) is 16.3. The summed E-state index contributed by atoms with van der Waals surface area (Å²) in [5, 5.41) is 11.7. The van der Waals surface area contributed by atoms with Gasteiger partial charge in [0.05, 0.1) is 44.8 Å². The average Bonchev–Trinajstić information content (AvgIpc) is 1.58. The molecular formula is C105H65N9O2. The first kappa shape index (κ1) is 67.1. The van der Waals surface area contributed by atoms with E-state index in [2.05, 4.69) is 315 Å². The molecule has 9 heterocycles. The Hall–Kier alpha value is -15.9. The third kappa shape index (κ3) is 12.0. The van der Waals surface area contributed by atoms with E-state index in [4.69, 9.17) is 28.8 Å². The minimum atomic E-state index is 0.662. The standard InChI is InChI=1S/C55H34N4O.C50H31N5O/c1-2-15-43-36(10-1)11-8-18-44(43)50-33-49(41-14-9-29-56-34-41)57-55(58-50)40-13-7-12-37(30-40)38-24-28-52-48(31-38)45-16-3-5-19-51(45)59(52)42-25-21-35(22-26-42)39-23-27-47-46-17-4-6-20-53(46)60-54(47)32-39;1-3-13-46-40(9-1)43-30-36(32-15-17-35(18-16-32)50-53-44(33-21-25-51-26-22-33)31-45(54-50)34-23-27-52-28-24-34)19-20-47(43)55(46)38-8-5-7-37(29-38)39-11-6-12-42-41-10-2-4-14-48(41)56-49(39)42/h1-34H;1-31H. The number of rotatable bonds is 12.